The number of aromatic nitrogens is 1. The Morgan fingerprint density at radius 1 is 1.19 bits per heavy atom. The second-order valence-electron chi connectivity index (χ2n) is 6.84. The molecule has 1 aromatic heterocycles. The minimum atomic E-state index is 0.0855. The van der Waals surface area contributed by atoms with E-state index in [0.717, 1.165) is 55.3 Å². The molecule has 3 rings (SSSR count). The summed E-state index contributed by atoms with van der Waals surface area (Å²) < 4.78 is 0. The lowest BCUT2D eigenvalue weighted by Crippen LogP contribution is -2.46. The first-order valence-electron chi connectivity index (χ1n) is 9.40. The summed E-state index contributed by atoms with van der Waals surface area (Å²) in [6, 6.07) is 5.93. The van der Waals surface area contributed by atoms with Crippen molar-refractivity contribution in [3.63, 3.8) is 0 Å². The minimum absolute atomic E-state index is 0.0855. The van der Waals surface area contributed by atoms with Crippen molar-refractivity contribution in [3.8, 4) is 10.6 Å². The van der Waals surface area contributed by atoms with Crippen molar-refractivity contribution in [2.45, 2.75) is 39.7 Å². The molecule has 1 aliphatic rings. The van der Waals surface area contributed by atoms with E-state index in [4.69, 9.17) is 23.2 Å². The van der Waals surface area contributed by atoms with Crippen molar-refractivity contribution in [1.82, 2.24) is 14.8 Å². The number of aryl methyl sites for hydroxylation is 1. The molecule has 146 valence electrons. The van der Waals surface area contributed by atoms with Crippen LogP contribution in [0, 0.1) is 6.92 Å². The molecule has 0 N–H and O–H groups in total. The van der Waals surface area contributed by atoms with E-state index in [2.05, 4.69) is 23.7 Å². The topological polar surface area (TPSA) is 36.4 Å². The standard InChI is InChI=1S/C20H25Cl2N3OS/c1-4-24(5-2)17-6-8-25(9-7-17)20(26)18-13(3)23-19(27-18)14-10-15(21)12-16(22)11-14/h10-12,17H,4-9H2,1-3H3. The molecule has 7 heteroatoms. The van der Waals surface area contributed by atoms with Crippen LogP contribution < -0.4 is 0 Å². The van der Waals surface area contributed by atoms with Crippen LogP contribution in [0.5, 0.6) is 0 Å². The molecule has 0 radical (unpaired) electrons. The minimum Gasteiger partial charge on any atom is -0.338 e. The third-order valence-corrected chi connectivity index (χ3v) is 6.81. The molecule has 0 unspecified atom stereocenters. The molecule has 1 fully saturated rings. The molecule has 0 saturated carbocycles. The number of nitrogens with zero attached hydrogens (tertiary/aromatic N) is 3. The zero-order valence-corrected chi connectivity index (χ0v) is 18.3. The number of carbonyl (C=O) groups is 1. The highest BCUT2D eigenvalue weighted by molar-refractivity contribution is 7.17. The molecular formula is C20H25Cl2N3OS. The predicted molar refractivity (Wildman–Crippen MR) is 114 cm³/mol. The van der Waals surface area contributed by atoms with Crippen LogP contribution in [0.4, 0.5) is 0 Å². The monoisotopic (exact) mass is 425 g/mol. The molecule has 2 aromatic rings. The van der Waals surface area contributed by atoms with Crippen molar-refractivity contribution < 1.29 is 4.79 Å². The maximum atomic E-state index is 13.0. The molecule has 0 spiro atoms. The van der Waals surface area contributed by atoms with Gasteiger partial charge in [-0.05, 0) is 51.1 Å². The Morgan fingerprint density at radius 3 is 2.33 bits per heavy atom. The van der Waals surface area contributed by atoms with Gasteiger partial charge >= 0.3 is 0 Å². The summed E-state index contributed by atoms with van der Waals surface area (Å²) in [5.74, 6) is 0.0855. The summed E-state index contributed by atoms with van der Waals surface area (Å²) in [4.78, 5) is 22.8. The number of hydrogen-bond donors (Lipinski definition) is 0. The van der Waals surface area contributed by atoms with E-state index in [1.54, 1.807) is 6.07 Å². The largest absolute Gasteiger partial charge is 0.338 e. The summed E-state index contributed by atoms with van der Waals surface area (Å²) in [5.41, 5.74) is 1.61. The highest BCUT2D eigenvalue weighted by atomic mass is 35.5. The van der Waals surface area contributed by atoms with Crippen LogP contribution in [0.3, 0.4) is 0 Å². The predicted octanol–water partition coefficient (Wildman–Crippen LogP) is 5.37. The van der Waals surface area contributed by atoms with Gasteiger partial charge in [0.05, 0.1) is 5.69 Å². The summed E-state index contributed by atoms with van der Waals surface area (Å²) in [5, 5.41) is 1.91. The van der Waals surface area contributed by atoms with Gasteiger partial charge in [0, 0.05) is 34.7 Å². The summed E-state index contributed by atoms with van der Waals surface area (Å²) in [6.45, 7) is 10.0. The van der Waals surface area contributed by atoms with Crippen LogP contribution >= 0.6 is 34.5 Å². The second-order valence-corrected chi connectivity index (χ2v) is 8.71. The number of carbonyl (C=O) groups excluding carboxylic acids is 1. The Bertz CT molecular complexity index is 791. The van der Waals surface area contributed by atoms with Gasteiger partial charge in [-0.1, -0.05) is 37.0 Å². The lowest BCUT2D eigenvalue weighted by Gasteiger charge is -2.37. The molecule has 27 heavy (non-hydrogen) atoms. The number of benzene rings is 1. The van der Waals surface area contributed by atoms with Gasteiger partial charge in [-0.3, -0.25) is 4.79 Å². The van der Waals surface area contributed by atoms with Crippen LogP contribution in [0.15, 0.2) is 18.2 Å². The van der Waals surface area contributed by atoms with E-state index in [9.17, 15) is 4.79 Å². The Balaban J connectivity index is 1.74. The Morgan fingerprint density at radius 2 is 1.78 bits per heavy atom. The van der Waals surface area contributed by atoms with Crippen LogP contribution in [0.25, 0.3) is 10.6 Å². The van der Waals surface area contributed by atoms with Gasteiger partial charge in [0.1, 0.15) is 9.88 Å². The van der Waals surface area contributed by atoms with Gasteiger partial charge in [-0.15, -0.1) is 11.3 Å². The fraction of sp³-hybridized carbons (Fsp3) is 0.500. The maximum Gasteiger partial charge on any atom is 0.265 e. The number of hydrogen-bond acceptors (Lipinski definition) is 4. The smallest absolute Gasteiger partial charge is 0.265 e. The van der Waals surface area contributed by atoms with Gasteiger partial charge in [0.2, 0.25) is 0 Å². The summed E-state index contributed by atoms with van der Waals surface area (Å²) in [7, 11) is 0. The van der Waals surface area contributed by atoms with E-state index < -0.39 is 0 Å². The maximum absolute atomic E-state index is 13.0. The molecule has 0 aliphatic carbocycles. The first-order valence-corrected chi connectivity index (χ1v) is 11.0. The van der Waals surface area contributed by atoms with Crippen LogP contribution in [0.2, 0.25) is 10.0 Å². The van der Waals surface area contributed by atoms with Crippen LogP contribution in [-0.4, -0.2) is 52.9 Å². The van der Waals surface area contributed by atoms with Crippen molar-refractivity contribution in [3.05, 3.63) is 38.8 Å². The fourth-order valence-electron chi connectivity index (χ4n) is 3.71. The Hall–Kier alpha value is -1.14. The highest BCUT2D eigenvalue weighted by Gasteiger charge is 2.28. The van der Waals surface area contributed by atoms with E-state index in [0.29, 0.717) is 21.0 Å². The van der Waals surface area contributed by atoms with E-state index >= 15 is 0 Å². The Labute approximate surface area is 175 Å². The van der Waals surface area contributed by atoms with Crippen molar-refractivity contribution in [2.24, 2.45) is 0 Å². The lowest BCUT2D eigenvalue weighted by atomic mass is 10.0. The summed E-state index contributed by atoms with van der Waals surface area (Å²) >= 11 is 13.6. The van der Waals surface area contributed by atoms with Gasteiger partial charge < -0.3 is 9.80 Å². The second kappa shape index (κ2) is 8.91. The van der Waals surface area contributed by atoms with Gasteiger partial charge in [0.15, 0.2) is 0 Å². The molecule has 4 nitrogen and oxygen atoms in total. The van der Waals surface area contributed by atoms with E-state index in [1.807, 2.05) is 24.0 Å². The SMILES string of the molecule is CCN(CC)C1CCN(C(=O)c2sc(-c3cc(Cl)cc(Cl)c3)nc2C)CC1. The van der Waals surface area contributed by atoms with Crippen molar-refractivity contribution in [1.29, 1.82) is 0 Å². The molecular weight excluding hydrogens is 401 g/mol. The van der Waals surface area contributed by atoms with Crippen molar-refractivity contribution >= 4 is 40.4 Å². The Kier molecular flexibility index (Phi) is 6.79. The number of rotatable bonds is 5. The third kappa shape index (κ3) is 4.65. The van der Waals surface area contributed by atoms with E-state index in [1.165, 1.54) is 11.3 Å². The van der Waals surface area contributed by atoms with Gasteiger partial charge in [0.25, 0.3) is 5.91 Å². The molecule has 2 heterocycles. The number of likely N-dealkylation sites (tertiary alicyclic amines) is 1. The van der Waals surface area contributed by atoms with Gasteiger partial charge in [-0.2, -0.15) is 0 Å². The fourth-order valence-corrected chi connectivity index (χ4v) is 5.26. The van der Waals surface area contributed by atoms with Crippen LogP contribution in [-0.2, 0) is 0 Å². The number of piperidine rings is 1. The average molecular weight is 426 g/mol. The van der Waals surface area contributed by atoms with Crippen LogP contribution in [0.1, 0.15) is 42.1 Å². The van der Waals surface area contributed by atoms with Crippen molar-refractivity contribution in [2.75, 3.05) is 26.2 Å². The first-order chi connectivity index (χ1) is 12.9. The molecule has 1 aliphatic heterocycles. The molecule has 0 atom stereocenters. The summed E-state index contributed by atoms with van der Waals surface area (Å²) in [6.07, 6.45) is 2.06. The third-order valence-electron chi connectivity index (χ3n) is 5.18. The molecule has 0 bridgehead atoms. The highest BCUT2D eigenvalue weighted by Crippen LogP contribution is 2.33. The molecule has 1 aromatic carbocycles. The van der Waals surface area contributed by atoms with Gasteiger partial charge in [-0.25, -0.2) is 4.98 Å². The average Bonchev–Trinajstić information content (AvgIpc) is 3.04. The zero-order valence-electron chi connectivity index (χ0n) is 16.0. The molecule has 1 amide bonds. The normalized spacial score (nSPS) is 15.6. The number of amides is 1. The number of halogens is 2. The lowest BCUT2D eigenvalue weighted by molar-refractivity contribution is 0.0635. The quantitative estimate of drug-likeness (QED) is 0.645. The number of thiazole rings is 1. The van der Waals surface area contributed by atoms with E-state index in [-0.39, 0.29) is 5.91 Å². The first kappa shape index (κ1) is 20.6. The molecule has 1 saturated heterocycles. The zero-order chi connectivity index (χ0) is 19.6.